The van der Waals surface area contributed by atoms with Gasteiger partial charge in [0.1, 0.15) is 0 Å². The number of ketones is 2. The van der Waals surface area contributed by atoms with Gasteiger partial charge in [0.25, 0.3) is 0 Å². The zero-order valence-corrected chi connectivity index (χ0v) is 15.3. The molecular weight excluding hydrogens is 340 g/mol. The Hall–Kier alpha value is -2.39. The Morgan fingerprint density at radius 3 is 2.42 bits per heavy atom. The fourth-order valence-corrected chi connectivity index (χ4v) is 5.11. The molecule has 2 unspecified atom stereocenters. The van der Waals surface area contributed by atoms with Crippen LogP contribution in [0.2, 0.25) is 0 Å². The molecule has 3 heteroatoms. The number of carbonyl (C=O) groups excluding carboxylic acids is 2. The average molecular weight is 358 g/mol. The maximum atomic E-state index is 13.2. The number of fused-ring (bicyclic) bond motifs is 3. The molecule has 5 rings (SSSR count). The van der Waals surface area contributed by atoms with Gasteiger partial charge in [-0.15, -0.1) is 0 Å². The number of aryl methyl sites for hydroxylation is 1. The molecule has 2 aromatic carbocycles. The van der Waals surface area contributed by atoms with Gasteiger partial charge in [-0.05, 0) is 48.1 Å². The van der Waals surface area contributed by atoms with Gasteiger partial charge in [-0.2, -0.15) is 0 Å². The van der Waals surface area contributed by atoms with E-state index < -0.39 is 0 Å². The van der Waals surface area contributed by atoms with E-state index in [1.165, 1.54) is 11.3 Å². The van der Waals surface area contributed by atoms with E-state index in [1.54, 1.807) is 23.9 Å². The van der Waals surface area contributed by atoms with Crippen LogP contribution in [-0.4, -0.2) is 11.6 Å². The van der Waals surface area contributed by atoms with E-state index in [9.17, 15) is 9.59 Å². The minimum Gasteiger partial charge on any atom is -0.289 e. The highest BCUT2D eigenvalue weighted by Crippen LogP contribution is 2.47. The monoisotopic (exact) mass is 358 g/mol. The van der Waals surface area contributed by atoms with Gasteiger partial charge in [-0.1, -0.05) is 60.3 Å². The van der Waals surface area contributed by atoms with E-state index in [0.29, 0.717) is 34.1 Å². The second kappa shape index (κ2) is 5.82. The Morgan fingerprint density at radius 1 is 0.923 bits per heavy atom. The van der Waals surface area contributed by atoms with Gasteiger partial charge in [0, 0.05) is 27.1 Å². The molecule has 2 atom stereocenters. The predicted molar refractivity (Wildman–Crippen MR) is 104 cm³/mol. The van der Waals surface area contributed by atoms with Crippen LogP contribution in [0.5, 0.6) is 0 Å². The van der Waals surface area contributed by atoms with E-state index >= 15 is 0 Å². The van der Waals surface area contributed by atoms with Gasteiger partial charge in [0.15, 0.2) is 11.6 Å². The summed E-state index contributed by atoms with van der Waals surface area (Å²) >= 11 is 1.65. The maximum absolute atomic E-state index is 13.2. The van der Waals surface area contributed by atoms with Gasteiger partial charge in [0.05, 0.1) is 0 Å². The van der Waals surface area contributed by atoms with Crippen molar-refractivity contribution in [2.75, 3.05) is 0 Å². The van der Waals surface area contributed by atoms with E-state index in [0.717, 1.165) is 16.9 Å². The smallest absolute Gasteiger partial charge is 0.195 e. The van der Waals surface area contributed by atoms with E-state index in [-0.39, 0.29) is 11.6 Å². The number of thioether (sulfide) groups is 1. The van der Waals surface area contributed by atoms with Crippen molar-refractivity contribution >= 4 is 23.3 Å². The summed E-state index contributed by atoms with van der Waals surface area (Å²) in [7, 11) is 0. The van der Waals surface area contributed by atoms with Gasteiger partial charge in [-0.25, -0.2) is 0 Å². The summed E-state index contributed by atoms with van der Waals surface area (Å²) in [6.07, 6.45) is 9.03. The van der Waals surface area contributed by atoms with Gasteiger partial charge < -0.3 is 0 Å². The molecule has 2 nitrogen and oxygen atoms in total. The number of carbonyl (C=O) groups is 2. The summed E-state index contributed by atoms with van der Waals surface area (Å²) in [5.74, 6) is 1.29. The van der Waals surface area contributed by atoms with Crippen molar-refractivity contribution in [1.29, 1.82) is 0 Å². The summed E-state index contributed by atoms with van der Waals surface area (Å²) < 4.78 is 0. The third kappa shape index (κ3) is 2.42. The van der Waals surface area contributed by atoms with Crippen LogP contribution in [0.3, 0.4) is 0 Å². The molecule has 128 valence electrons. The van der Waals surface area contributed by atoms with Crippen molar-refractivity contribution in [1.82, 2.24) is 0 Å². The van der Waals surface area contributed by atoms with Crippen LogP contribution in [-0.2, 0) is 0 Å². The highest BCUT2D eigenvalue weighted by atomic mass is 32.2. The van der Waals surface area contributed by atoms with Crippen molar-refractivity contribution in [2.24, 2.45) is 11.8 Å². The lowest BCUT2D eigenvalue weighted by atomic mass is 9.82. The summed E-state index contributed by atoms with van der Waals surface area (Å²) in [6.45, 7) is 1.91. The van der Waals surface area contributed by atoms with E-state index in [2.05, 4.69) is 18.2 Å². The Bertz CT molecular complexity index is 1030. The Labute approximate surface area is 157 Å². The first-order chi connectivity index (χ1) is 12.6. The number of hydrogen-bond donors (Lipinski definition) is 0. The van der Waals surface area contributed by atoms with Gasteiger partial charge in [0.2, 0.25) is 0 Å². The SMILES string of the molecule is Cc1ccc(SC2=CC3CC3C=CC2)c2c1C(=O)c1ccccc1C2=O. The summed E-state index contributed by atoms with van der Waals surface area (Å²) in [6, 6.07) is 11.1. The molecule has 0 bridgehead atoms. The normalized spacial score (nSPS) is 22.9. The third-order valence-corrected chi connectivity index (χ3v) is 6.61. The molecule has 0 aromatic heterocycles. The highest BCUT2D eigenvalue weighted by Gasteiger charge is 2.35. The maximum Gasteiger partial charge on any atom is 0.195 e. The van der Waals surface area contributed by atoms with E-state index in [4.69, 9.17) is 0 Å². The van der Waals surface area contributed by atoms with Crippen molar-refractivity contribution in [3.8, 4) is 0 Å². The molecule has 0 spiro atoms. The second-order valence-electron chi connectivity index (χ2n) is 7.27. The number of benzene rings is 2. The predicted octanol–water partition coefficient (Wildman–Crippen LogP) is 5.34. The lowest BCUT2D eigenvalue weighted by molar-refractivity contribution is 0.0976. The highest BCUT2D eigenvalue weighted by molar-refractivity contribution is 8.03. The fourth-order valence-electron chi connectivity index (χ4n) is 3.97. The lowest BCUT2D eigenvalue weighted by Crippen LogP contribution is -2.22. The quantitative estimate of drug-likeness (QED) is 0.580. The summed E-state index contributed by atoms with van der Waals surface area (Å²) in [4.78, 5) is 28.4. The summed E-state index contributed by atoms with van der Waals surface area (Å²) in [5, 5.41) is 0. The molecule has 1 saturated carbocycles. The van der Waals surface area contributed by atoms with Crippen LogP contribution in [0.15, 0.2) is 64.4 Å². The molecule has 0 N–H and O–H groups in total. The first-order valence-electron chi connectivity index (χ1n) is 9.00. The van der Waals surface area contributed by atoms with Crippen LogP contribution in [0.4, 0.5) is 0 Å². The third-order valence-electron chi connectivity index (χ3n) is 5.48. The fraction of sp³-hybridized carbons (Fsp3) is 0.217. The molecule has 26 heavy (non-hydrogen) atoms. The number of allylic oxidation sites excluding steroid dienone is 4. The number of rotatable bonds is 2. The van der Waals surface area contributed by atoms with Crippen molar-refractivity contribution in [2.45, 2.75) is 24.7 Å². The first-order valence-corrected chi connectivity index (χ1v) is 9.82. The Balaban J connectivity index is 1.62. The van der Waals surface area contributed by atoms with Crippen molar-refractivity contribution in [3.05, 3.63) is 87.3 Å². The molecule has 0 radical (unpaired) electrons. The van der Waals surface area contributed by atoms with E-state index in [1.807, 2.05) is 31.2 Å². The molecule has 3 aliphatic carbocycles. The average Bonchev–Trinajstić information content (AvgIpc) is 3.40. The minimum atomic E-state index is -0.0350. The topological polar surface area (TPSA) is 34.1 Å². The minimum absolute atomic E-state index is 0.0320. The molecule has 3 aliphatic rings. The Kier molecular flexibility index (Phi) is 3.54. The molecular formula is C23H18O2S. The van der Waals surface area contributed by atoms with Crippen LogP contribution >= 0.6 is 11.8 Å². The zero-order valence-electron chi connectivity index (χ0n) is 14.5. The lowest BCUT2D eigenvalue weighted by Gasteiger charge is -2.22. The van der Waals surface area contributed by atoms with Crippen molar-refractivity contribution in [3.63, 3.8) is 0 Å². The molecule has 2 aromatic rings. The second-order valence-corrected chi connectivity index (χ2v) is 8.43. The largest absolute Gasteiger partial charge is 0.289 e. The molecule has 0 aliphatic heterocycles. The molecule has 0 amide bonds. The Morgan fingerprint density at radius 2 is 1.65 bits per heavy atom. The summed E-state index contributed by atoms with van der Waals surface area (Å²) in [5.41, 5.74) is 3.07. The van der Waals surface area contributed by atoms with Gasteiger partial charge >= 0.3 is 0 Å². The van der Waals surface area contributed by atoms with Crippen LogP contribution < -0.4 is 0 Å². The van der Waals surface area contributed by atoms with Crippen LogP contribution in [0, 0.1) is 18.8 Å². The van der Waals surface area contributed by atoms with Crippen LogP contribution in [0.25, 0.3) is 0 Å². The number of hydrogen-bond acceptors (Lipinski definition) is 3. The van der Waals surface area contributed by atoms with Crippen molar-refractivity contribution < 1.29 is 9.59 Å². The molecule has 0 saturated heterocycles. The van der Waals surface area contributed by atoms with Crippen LogP contribution in [0.1, 0.15) is 50.2 Å². The first kappa shape index (κ1) is 15.8. The zero-order chi connectivity index (χ0) is 17.8. The molecule has 0 heterocycles. The standard InChI is InChI=1S/C23H18O2S/c1-13-9-10-19(26-16-6-4-5-14-11-15(14)12-16)21-20(13)22(24)17-7-2-3-8-18(17)23(21)25/h2-5,7-10,12,14-15H,6,11H2,1H3. The molecule has 1 fully saturated rings. The van der Waals surface area contributed by atoms with Gasteiger partial charge in [-0.3, -0.25) is 9.59 Å².